The van der Waals surface area contributed by atoms with Gasteiger partial charge in [-0.25, -0.2) is 0 Å². The molecule has 2 aromatic rings. The summed E-state index contributed by atoms with van der Waals surface area (Å²) in [6.07, 6.45) is 1.35. The van der Waals surface area contributed by atoms with Crippen LogP contribution in [0.15, 0.2) is 42.6 Å². The number of morpholine rings is 1. The van der Waals surface area contributed by atoms with E-state index in [9.17, 15) is 4.79 Å². The Hall–Kier alpha value is -2.78. The maximum absolute atomic E-state index is 12.7. The van der Waals surface area contributed by atoms with Crippen molar-refractivity contribution in [3.05, 3.63) is 53.9 Å². The first kappa shape index (κ1) is 17.1. The molecule has 1 aliphatic rings. The predicted molar refractivity (Wildman–Crippen MR) is 92.3 cm³/mol. The van der Waals surface area contributed by atoms with Crippen LogP contribution in [-0.4, -0.2) is 47.2 Å². The van der Waals surface area contributed by atoms with Gasteiger partial charge in [0, 0.05) is 12.7 Å². The van der Waals surface area contributed by atoms with Crippen molar-refractivity contribution >= 4 is 5.91 Å². The van der Waals surface area contributed by atoms with Crippen molar-refractivity contribution in [2.24, 2.45) is 0 Å². The summed E-state index contributed by atoms with van der Waals surface area (Å²) in [5, 5.41) is 8.90. The lowest BCUT2D eigenvalue weighted by Crippen LogP contribution is -2.56. The number of hydrogen-bond acceptors (Lipinski definition) is 4. The van der Waals surface area contributed by atoms with Gasteiger partial charge in [-0.05, 0) is 32.0 Å². The maximum atomic E-state index is 12.7. The van der Waals surface area contributed by atoms with Crippen molar-refractivity contribution in [3.63, 3.8) is 0 Å². The molecule has 0 unspecified atom stereocenters. The lowest BCUT2D eigenvalue weighted by Gasteiger charge is -2.42. The number of benzene rings is 1. The Labute approximate surface area is 147 Å². The average Bonchev–Trinajstić information content (AvgIpc) is 3.08. The minimum Gasteiger partial charge on any atom is -0.491 e. The maximum Gasteiger partial charge on any atom is 0.255 e. The van der Waals surface area contributed by atoms with Crippen LogP contribution in [-0.2, 0) is 4.74 Å². The Kier molecular flexibility index (Phi) is 4.77. The van der Waals surface area contributed by atoms with E-state index in [0.717, 1.165) is 5.75 Å². The quantitative estimate of drug-likeness (QED) is 0.929. The number of aromatic amines is 1. The molecule has 1 amide bonds. The molecule has 1 saturated heterocycles. The van der Waals surface area contributed by atoms with Gasteiger partial charge in [-0.2, -0.15) is 5.26 Å². The Bertz CT molecular complexity index is 777. The highest BCUT2D eigenvalue weighted by Crippen LogP contribution is 2.23. The molecular weight excluding hydrogens is 318 g/mol. The summed E-state index contributed by atoms with van der Waals surface area (Å²) in [7, 11) is 0. The monoisotopic (exact) mass is 339 g/mol. The van der Waals surface area contributed by atoms with Gasteiger partial charge in [0.15, 0.2) is 0 Å². The molecule has 1 aliphatic heterocycles. The number of rotatable bonds is 4. The van der Waals surface area contributed by atoms with Gasteiger partial charge in [0.25, 0.3) is 5.91 Å². The van der Waals surface area contributed by atoms with Gasteiger partial charge in [0.05, 0.1) is 17.7 Å². The van der Waals surface area contributed by atoms with Crippen LogP contribution in [0.25, 0.3) is 0 Å². The topological polar surface area (TPSA) is 78.4 Å². The fraction of sp³-hybridized carbons (Fsp3) is 0.368. The van der Waals surface area contributed by atoms with E-state index in [1.807, 2.05) is 50.2 Å². The van der Waals surface area contributed by atoms with Crippen molar-refractivity contribution in [2.45, 2.75) is 25.6 Å². The lowest BCUT2D eigenvalue weighted by atomic mass is 10.0. The summed E-state index contributed by atoms with van der Waals surface area (Å²) < 4.78 is 11.8. The second kappa shape index (κ2) is 6.99. The van der Waals surface area contributed by atoms with Gasteiger partial charge in [-0.3, -0.25) is 4.79 Å². The van der Waals surface area contributed by atoms with Crippen molar-refractivity contribution < 1.29 is 14.3 Å². The zero-order valence-corrected chi connectivity index (χ0v) is 14.4. The number of carbonyl (C=O) groups is 1. The van der Waals surface area contributed by atoms with E-state index >= 15 is 0 Å². The molecule has 1 atom stereocenters. The third-order valence-electron chi connectivity index (χ3n) is 4.00. The molecular formula is C19H21N3O3. The Morgan fingerprint density at radius 1 is 1.44 bits per heavy atom. The number of amides is 1. The molecule has 6 heteroatoms. The molecule has 1 aromatic heterocycles. The molecule has 2 heterocycles. The molecule has 0 aliphatic carbocycles. The summed E-state index contributed by atoms with van der Waals surface area (Å²) in [4.78, 5) is 17.3. The second-order valence-electron chi connectivity index (χ2n) is 6.72. The van der Waals surface area contributed by atoms with Crippen LogP contribution in [0, 0.1) is 11.3 Å². The van der Waals surface area contributed by atoms with Crippen LogP contribution in [0.2, 0.25) is 0 Å². The molecule has 1 N–H and O–H groups in total. The molecule has 6 nitrogen and oxygen atoms in total. The van der Waals surface area contributed by atoms with Gasteiger partial charge in [0.2, 0.25) is 0 Å². The second-order valence-corrected chi connectivity index (χ2v) is 6.72. The third-order valence-corrected chi connectivity index (χ3v) is 4.00. The Morgan fingerprint density at radius 2 is 2.20 bits per heavy atom. The predicted octanol–water partition coefficient (Wildman–Crippen LogP) is 2.58. The first-order valence-electron chi connectivity index (χ1n) is 8.20. The fourth-order valence-corrected chi connectivity index (χ4v) is 3.01. The van der Waals surface area contributed by atoms with Crippen LogP contribution in [0.1, 0.15) is 29.9 Å². The molecule has 1 aromatic carbocycles. The van der Waals surface area contributed by atoms with Crippen LogP contribution in [0.4, 0.5) is 0 Å². The van der Waals surface area contributed by atoms with Crippen LogP contribution in [0.3, 0.4) is 0 Å². The van der Waals surface area contributed by atoms with Crippen molar-refractivity contribution in [3.8, 4) is 11.8 Å². The highest BCUT2D eigenvalue weighted by Gasteiger charge is 2.36. The van der Waals surface area contributed by atoms with E-state index < -0.39 is 5.60 Å². The summed E-state index contributed by atoms with van der Waals surface area (Å²) in [6, 6.07) is 13.1. The normalized spacial score (nSPS) is 19.2. The molecule has 25 heavy (non-hydrogen) atoms. The number of ether oxygens (including phenoxy) is 2. The van der Waals surface area contributed by atoms with E-state index in [-0.39, 0.29) is 12.0 Å². The minimum absolute atomic E-state index is 0.112. The Balaban J connectivity index is 1.68. The summed E-state index contributed by atoms with van der Waals surface area (Å²) in [6.45, 7) is 5.22. The number of hydrogen-bond donors (Lipinski definition) is 1. The largest absolute Gasteiger partial charge is 0.491 e. The molecule has 0 radical (unpaired) electrons. The standard InChI is InChI=1S/C19H21N3O3/c1-19(2)13-22(18(23)14-8-15(9-20)21-10-14)11-17(25-19)12-24-16-6-4-3-5-7-16/h3-8,10,17,21H,11-13H2,1-2H3/t17-/m1/s1. The minimum atomic E-state index is -0.465. The van der Waals surface area contributed by atoms with E-state index in [1.54, 1.807) is 17.2 Å². The lowest BCUT2D eigenvalue weighted by molar-refractivity contribution is -0.136. The SMILES string of the molecule is CC1(C)CN(C(=O)c2c[nH]c(C#N)c2)C[C@H](COc2ccccc2)O1. The third kappa shape index (κ3) is 4.20. The Morgan fingerprint density at radius 3 is 2.88 bits per heavy atom. The summed E-state index contributed by atoms with van der Waals surface area (Å²) in [5.74, 6) is 0.662. The molecule has 3 rings (SSSR count). The van der Waals surface area contributed by atoms with Crippen molar-refractivity contribution in [2.75, 3.05) is 19.7 Å². The number of para-hydroxylation sites is 1. The van der Waals surface area contributed by atoms with Gasteiger partial charge >= 0.3 is 0 Å². The van der Waals surface area contributed by atoms with Crippen molar-refractivity contribution in [1.29, 1.82) is 5.26 Å². The zero-order valence-electron chi connectivity index (χ0n) is 14.4. The number of aromatic nitrogens is 1. The van der Waals surface area contributed by atoms with Gasteiger partial charge in [-0.1, -0.05) is 18.2 Å². The smallest absolute Gasteiger partial charge is 0.255 e. The van der Waals surface area contributed by atoms with E-state index in [4.69, 9.17) is 14.7 Å². The first-order valence-corrected chi connectivity index (χ1v) is 8.20. The van der Waals surface area contributed by atoms with Gasteiger partial charge in [0.1, 0.15) is 30.2 Å². The average molecular weight is 339 g/mol. The number of H-pyrrole nitrogens is 1. The van der Waals surface area contributed by atoms with Crippen molar-refractivity contribution in [1.82, 2.24) is 9.88 Å². The number of nitrogens with zero attached hydrogens (tertiary/aromatic N) is 2. The van der Waals surface area contributed by atoms with E-state index in [2.05, 4.69) is 4.98 Å². The van der Waals surface area contributed by atoms with Gasteiger partial charge < -0.3 is 19.4 Å². The number of nitrogens with one attached hydrogen (secondary N) is 1. The van der Waals surface area contributed by atoms with Gasteiger partial charge in [-0.15, -0.1) is 0 Å². The molecule has 130 valence electrons. The summed E-state index contributed by atoms with van der Waals surface area (Å²) >= 11 is 0. The fourth-order valence-electron chi connectivity index (χ4n) is 3.01. The first-order chi connectivity index (χ1) is 12.0. The molecule has 0 saturated carbocycles. The molecule has 0 bridgehead atoms. The summed E-state index contributed by atoms with van der Waals surface area (Å²) in [5.41, 5.74) is 0.393. The number of nitriles is 1. The van der Waals surface area contributed by atoms with E-state index in [0.29, 0.717) is 31.0 Å². The zero-order chi connectivity index (χ0) is 17.9. The van der Waals surface area contributed by atoms with Crippen LogP contribution < -0.4 is 4.74 Å². The highest BCUT2D eigenvalue weighted by molar-refractivity contribution is 5.94. The highest BCUT2D eigenvalue weighted by atomic mass is 16.5. The molecule has 0 spiro atoms. The van der Waals surface area contributed by atoms with Crippen LogP contribution in [0.5, 0.6) is 5.75 Å². The number of carbonyl (C=O) groups excluding carboxylic acids is 1. The molecule has 1 fully saturated rings. The van der Waals surface area contributed by atoms with Crippen LogP contribution >= 0.6 is 0 Å². The van der Waals surface area contributed by atoms with E-state index in [1.165, 1.54) is 0 Å².